The lowest BCUT2D eigenvalue weighted by atomic mass is 9.58. The Morgan fingerprint density at radius 1 is 1.27 bits per heavy atom. The van der Waals surface area contributed by atoms with Crippen molar-refractivity contribution < 1.29 is 39.6 Å². The molecule has 5 rings (SSSR count). The maximum absolute atomic E-state index is 14.1. The van der Waals surface area contributed by atoms with Crippen LogP contribution in [0.15, 0.2) is 23.0 Å². The average molecular weight is 517 g/mol. The number of Topliss-reactive ketones (excluding diaryl/α,β-unsaturated/α-hetero) is 1. The van der Waals surface area contributed by atoms with Gasteiger partial charge in [0.15, 0.2) is 5.60 Å². The number of phenolic OH excluding ortho intramolecular Hbond substituents is 1. The number of carbonyl (C=O) groups is 2. The molecule has 3 aliphatic carbocycles. The molecule has 1 aliphatic heterocycles. The fourth-order valence-corrected chi connectivity index (χ4v) is 6.64. The number of rotatable bonds is 6. The van der Waals surface area contributed by atoms with Crippen molar-refractivity contribution in [2.75, 3.05) is 40.2 Å². The van der Waals surface area contributed by atoms with Crippen LogP contribution in [0.3, 0.4) is 0 Å². The van der Waals surface area contributed by atoms with E-state index in [-0.39, 0.29) is 29.9 Å². The summed E-state index contributed by atoms with van der Waals surface area (Å²) >= 11 is 0. The van der Waals surface area contributed by atoms with Crippen molar-refractivity contribution in [3.8, 4) is 5.75 Å². The molecule has 12 heteroatoms. The number of hydrogen-bond acceptors (Lipinski definition) is 11. The normalized spacial score (nSPS) is 32.1. The summed E-state index contributed by atoms with van der Waals surface area (Å²) in [5.41, 5.74) is 7.72. The van der Waals surface area contributed by atoms with Crippen LogP contribution in [0.1, 0.15) is 23.1 Å². The summed E-state index contributed by atoms with van der Waals surface area (Å²) < 4.78 is 5.67. The number of nitrogens with two attached hydrogens (primary N) is 1. The number of anilines is 1. The summed E-state index contributed by atoms with van der Waals surface area (Å²) in [6.45, 7) is 0.141. The van der Waals surface area contributed by atoms with Crippen molar-refractivity contribution in [1.82, 2.24) is 10.4 Å². The Balaban J connectivity index is 1.71. The Labute approximate surface area is 213 Å². The molecule has 1 heterocycles. The summed E-state index contributed by atoms with van der Waals surface area (Å²) in [6.07, 6.45) is 0.574. The topological polar surface area (TPSA) is 181 Å². The lowest BCUT2D eigenvalue weighted by Gasteiger charge is -2.46. The number of benzene rings is 1. The number of phenols is 1. The van der Waals surface area contributed by atoms with E-state index in [1.54, 1.807) is 25.1 Å². The second kappa shape index (κ2) is 8.17. The van der Waals surface area contributed by atoms with Crippen molar-refractivity contribution in [1.29, 1.82) is 0 Å². The number of hydrogen-bond donors (Lipinski definition) is 6. The first-order valence-electron chi connectivity index (χ1n) is 11.9. The fourth-order valence-electron chi connectivity index (χ4n) is 6.64. The van der Waals surface area contributed by atoms with Gasteiger partial charge in [0, 0.05) is 43.4 Å². The molecule has 5 atom stereocenters. The number of aromatic hydroxyl groups is 1. The molecule has 0 aromatic heterocycles. The largest absolute Gasteiger partial charge is 0.510 e. The van der Waals surface area contributed by atoms with Gasteiger partial charge >= 0.3 is 0 Å². The first-order valence-corrected chi connectivity index (χ1v) is 11.9. The van der Waals surface area contributed by atoms with Crippen LogP contribution in [0.25, 0.3) is 5.76 Å². The SMILES string of the molecule is CONCc1cc(N(C)C)c2c(c1O)C(O)=C1C(=O)[C@]34OC3(O)C(C(N)=O)=C(O)[C@@H](N(C)C)[C@@H]4C[C@@H]1C2. The number of likely N-dealkylation sites (N-methyl/N-ethyl adjacent to an activating group) is 1. The van der Waals surface area contributed by atoms with Gasteiger partial charge in [-0.3, -0.25) is 14.5 Å². The minimum Gasteiger partial charge on any atom is -0.510 e. The zero-order valence-corrected chi connectivity index (χ0v) is 21.3. The highest BCUT2D eigenvalue weighted by atomic mass is 16.8. The minimum absolute atomic E-state index is 0.0132. The number of ether oxygens (including phenoxy) is 1. The monoisotopic (exact) mass is 516 g/mol. The first-order chi connectivity index (χ1) is 17.3. The molecule has 12 nitrogen and oxygen atoms in total. The molecule has 37 heavy (non-hydrogen) atoms. The van der Waals surface area contributed by atoms with Gasteiger partial charge in [-0.25, -0.2) is 0 Å². The number of epoxide rings is 1. The van der Waals surface area contributed by atoms with Crippen molar-refractivity contribution in [3.05, 3.63) is 39.7 Å². The molecule has 0 bridgehead atoms. The van der Waals surface area contributed by atoms with Gasteiger partial charge in [0.25, 0.3) is 5.91 Å². The molecule has 7 N–H and O–H groups in total. The van der Waals surface area contributed by atoms with Gasteiger partial charge < -0.3 is 40.6 Å². The van der Waals surface area contributed by atoms with E-state index in [1.807, 2.05) is 19.0 Å². The number of carbonyl (C=O) groups excluding carboxylic acids is 2. The van der Waals surface area contributed by atoms with Crippen molar-refractivity contribution in [2.24, 2.45) is 17.6 Å². The second-order valence-corrected chi connectivity index (χ2v) is 10.5. The standard InChI is InChI=1S/C25H32N4O8/c1-28(2)14-8-11(9-27-36-5)19(30)16-12(14)6-10-7-13-18(29(3)4)21(32)17(23(26)34)25(35)24(13,37-25)22(33)15(10)20(16)31/h8,10,13,18,27,30-32,35H,6-7,9H2,1-5H3,(H2,26,34)/t10-,13-,18-,24-,25?/m0/s1. The number of nitrogens with one attached hydrogen (secondary N) is 1. The molecule has 1 aromatic rings. The van der Waals surface area contributed by atoms with Gasteiger partial charge in [0.05, 0.1) is 18.7 Å². The predicted octanol–water partition coefficient (Wildman–Crippen LogP) is -0.162. The maximum Gasteiger partial charge on any atom is 0.253 e. The Morgan fingerprint density at radius 2 is 1.95 bits per heavy atom. The summed E-state index contributed by atoms with van der Waals surface area (Å²) in [7, 11) is 8.49. The third-order valence-electron chi connectivity index (χ3n) is 8.17. The molecule has 0 radical (unpaired) electrons. The zero-order valence-electron chi connectivity index (χ0n) is 21.3. The van der Waals surface area contributed by atoms with Crippen LogP contribution in [0.4, 0.5) is 5.69 Å². The molecular formula is C25H32N4O8. The molecular weight excluding hydrogens is 484 g/mol. The number of hydroxylamine groups is 1. The quantitative estimate of drug-likeness (QED) is 0.218. The average Bonchev–Trinajstić information content (AvgIpc) is 3.43. The summed E-state index contributed by atoms with van der Waals surface area (Å²) in [5, 5.41) is 44.9. The number of aliphatic hydroxyl groups is 3. The van der Waals surface area contributed by atoms with E-state index >= 15 is 0 Å². The molecule has 1 aromatic carbocycles. The molecule has 1 unspecified atom stereocenters. The first kappa shape index (κ1) is 25.5. The summed E-state index contributed by atoms with van der Waals surface area (Å²) in [5.74, 6) is -6.45. The fraction of sp³-hybridized carbons (Fsp3) is 0.520. The van der Waals surface area contributed by atoms with Crippen LogP contribution in [0, 0.1) is 11.8 Å². The second-order valence-electron chi connectivity index (χ2n) is 10.5. The van der Waals surface area contributed by atoms with Gasteiger partial charge in [-0.15, -0.1) is 0 Å². The number of aliphatic hydroxyl groups excluding tert-OH is 2. The molecule has 200 valence electrons. The van der Waals surface area contributed by atoms with Crippen LogP contribution < -0.4 is 16.1 Å². The molecule has 1 spiro atoms. The maximum atomic E-state index is 14.1. The van der Waals surface area contributed by atoms with E-state index in [9.17, 15) is 30.0 Å². The summed E-state index contributed by atoms with van der Waals surface area (Å²) in [4.78, 5) is 34.8. The Hall–Kier alpha value is -3.16. The number of amides is 1. The highest BCUT2D eigenvalue weighted by molar-refractivity contribution is 6.14. The smallest absolute Gasteiger partial charge is 0.253 e. The van der Waals surface area contributed by atoms with Crippen molar-refractivity contribution in [2.45, 2.75) is 36.8 Å². The van der Waals surface area contributed by atoms with E-state index < -0.39 is 58.0 Å². The highest BCUT2D eigenvalue weighted by Crippen LogP contribution is 2.67. The number of nitrogens with zero attached hydrogens (tertiary/aromatic N) is 2. The zero-order chi connectivity index (χ0) is 27.2. The van der Waals surface area contributed by atoms with Gasteiger partial charge in [0.2, 0.25) is 11.6 Å². The van der Waals surface area contributed by atoms with E-state index in [1.165, 1.54) is 7.11 Å². The molecule has 1 saturated carbocycles. The Bertz CT molecular complexity index is 1290. The molecule has 4 aliphatic rings. The van der Waals surface area contributed by atoms with Crippen LogP contribution in [-0.4, -0.2) is 89.7 Å². The van der Waals surface area contributed by atoms with Crippen LogP contribution in [0.5, 0.6) is 5.75 Å². The number of primary amides is 1. The van der Waals surface area contributed by atoms with E-state index in [0.29, 0.717) is 17.5 Å². The number of fused-ring (bicyclic) bond motifs is 2. The van der Waals surface area contributed by atoms with Gasteiger partial charge in [-0.1, -0.05) is 0 Å². The van der Waals surface area contributed by atoms with Crippen molar-refractivity contribution >= 4 is 23.1 Å². The Morgan fingerprint density at radius 3 is 2.51 bits per heavy atom. The lowest BCUT2D eigenvalue weighted by Crippen LogP contribution is -2.60. The van der Waals surface area contributed by atoms with E-state index in [4.69, 9.17) is 15.3 Å². The van der Waals surface area contributed by atoms with Crippen molar-refractivity contribution in [3.63, 3.8) is 0 Å². The Kier molecular flexibility index (Phi) is 5.63. The molecule has 1 saturated heterocycles. The lowest BCUT2D eigenvalue weighted by molar-refractivity contribution is -0.127. The highest BCUT2D eigenvalue weighted by Gasteiger charge is 2.85. The van der Waals surface area contributed by atoms with Crippen LogP contribution in [0.2, 0.25) is 0 Å². The van der Waals surface area contributed by atoms with Crippen LogP contribution >= 0.6 is 0 Å². The third-order valence-corrected chi connectivity index (χ3v) is 8.17. The van der Waals surface area contributed by atoms with E-state index in [2.05, 4.69) is 5.48 Å². The summed E-state index contributed by atoms with van der Waals surface area (Å²) in [6, 6.07) is 0.966. The van der Waals surface area contributed by atoms with E-state index in [0.717, 1.165) is 5.69 Å². The van der Waals surface area contributed by atoms with Crippen LogP contribution in [-0.2, 0) is 32.1 Å². The van der Waals surface area contributed by atoms with Gasteiger partial charge in [-0.2, -0.15) is 5.48 Å². The third kappa shape index (κ3) is 3.13. The molecule has 1 amide bonds. The van der Waals surface area contributed by atoms with Gasteiger partial charge in [0.1, 0.15) is 22.8 Å². The number of ketones is 1. The molecule has 2 fully saturated rings. The van der Waals surface area contributed by atoms with Gasteiger partial charge in [-0.05, 0) is 44.5 Å². The minimum atomic E-state index is -2.41. The predicted molar refractivity (Wildman–Crippen MR) is 131 cm³/mol.